The van der Waals surface area contributed by atoms with Crippen LogP contribution >= 0.6 is 0 Å². The van der Waals surface area contributed by atoms with Crippen molar-refractivity contribution >= 4 is 5.97 Å². The van der Waals surface area contributed by atoms with Gasteiger partial charge in [-0.25, -0.2) is 0 Å². The zero-order valence-electron chi connectivity index (χ0n) is 25.2. The Morgan fingerprint density at radius 2 is 1.08 bits per heavy atom. The fourth-order valence-corrected chi connectivity index (χ4v) is 5.07. The lowest BCUT2D eigenvalue weighted by molar-refractivity contribution is -0.140. The summed E-state index contributed by atoms with van der Waals surface area (Å²) in [7, 11) is 5.91. The molecule has 36 heavy (non-hydrogen) atoms. The highest BCUT2D eigenvalue weighted by molar-refractivity contribution is 5.68. The summed E-state index contributed by atoms with van der Waals surface area (Å²) in [6, 6.07) is 0. The maximum atomic E-state index is 11.1. The maximum absolute atomic E-state index is 11.1. The second-order valence-corrected chi connectivity index (χ2v) is 11.4. The van der Waals surface area contributed by atoms with Crippen LogP contribution < -0.4 is 0 Å². The summed E-state index contributed by atoms with van der Waals surface area (Å²) >= 11 is 0. The van der Waals surface area contributed by atoms with Crippen molar-refractivity contribution in [3.05, 3.63) is 12.2 Å². The second-order valence-electron chi connectivity index (χ2n) is 11.4. The summed E-state index contributed by atoms with van der Waals surface area (Å²) in [6.07, 6.45) is 36.6. The van der Waals surface area contributed by atoms with E-state index in [0.29, 0.717) is 6.42 Å². The van der Waals surface area contributed by atoms with Gasteiger partial charge in [-0.3, -0.25) is 4.79 Å². The number of allylic oxidation sites excluding steroid dienone is 2. The van der Waals surface area contributed by atoms with Crippen molar-refractivity contribution in [2.24, 2.45) is 5.92 Å². The third-order valence-electron chi connectivity index (χ3n) is 7.58. The molecule has 0 saturated carbocycles. The molecule has 1 atom stereocenters. The Morgan fingerprint density at radius 3 is 1.56 bits per heavy atom. The maximum Gasteiger partial charge on any atom is 0.305 e. The van der Waals surface area contributed by atoms with Gasteiger partial charge in [-0.05, 0) is 65.1 Å². The highest BCUT2D eigenvalue weighted by Gasteiger charge is 2.09. The molecule has 3 nitrogen and oxygen atoms in total. The normalized spacial score (nSPS) is 12.6. The zero-order valence-corrected chi connectivity index (χ0v) is 25.2. The highest BCUT2D eigenvalue weighted by atomic mass is 16.5. The van der Waals surface area contributed by atoms with E-state index in [2.05, 4.69) is 42.8 Å². The number of methoxy groups -OCH3 is 1. The molecule has 0 aromatic heterocycles. The van der Waals surface area contributed by atoms with Crippen LogP contribution in [-0.2, 0) is 9.53 Å². The molecular weight excluding hydrogens is 442 g/mol. The van der Waals surface area contributed by atoms with Crippen LogP contribution in [0.5, 0.6) is 0 Å². The van der Waals surface area contributed by atoms with E-state index in [0.717, 1.165) is 18.8 Å². The number of hydrogen-bond acceptors (Lipinski definition) is 3. The van der Waals surface area contributed by atoms with Gasteiger partial charge in [0.05, 0.1) is 7.11 Å². The van der Waals surface area contributed by atoms with E-state index in [9.17, 15) is 4.79 Å². The van der Waals surface area contributed by atoms with Crippen LogP contribution in [0.3, 0.4) is 0 Å². The van der Waals surface area contributed by atoms with E-state index in [1.54, 1.807) is 0 Å². The monoisotopic (exact) mass is 508 g/mol. The fourth-order valence-electron chi connectivity index (χ4n) is 5.07. The Morgan fingerprint density at radius 1 is 0.639 bits per heavy atom. The summed E-state index contributed by atoms with van der Waals surface area (Å²) in [6.45, 7) is 3.56. The molecule has 0 aliphatic rings. The third kappa shape index (κ3) is 27.8. The van der Waals surface area contributed by atoms with Gasteiger partial charge >= 0.3 is 5.97 Å². The van der Waals surface area contributed by atoms with E-state index >= 15 is 0 Å². The largest absolute Gasteiger partial charge is 0.469 e. The highest BCUT2D eigenvalue weighted by Crippen LogP contribution is 2.22. The zero-order chi connectivity index (χ0) is 26.5. The van der Waals surface area contributed by atoms with Gasteiger partial charge in [0.15, 0.2) is 0 Å². The van der Waals surface area contributed by atoms with Crippen LogP contribution in [0.15, 0.2) is 12.2 Å². The first kappa shape index (κ1) is 35.2. The molecular formula is C33H65NO2. The van der Waals surface area contributed by atoms with Crippen LogP contribution in [0, 0.1) is 5.92 Å². The molecule has 0 aliphatic heterocycles. The summed E-state index contributed by atoms with van der Waals surface area (Å²) in [5, 5.41) is 0. The molecule has 0 spiro atoms. The molecule has 0 aromatic rings. The van der Waals surface area contributed by atoms with Crippen LogP contribution in [0.1, 0.15) is 161 Å². The number of unbranched alkanes of at least 4 members (excludes halogenated alkanes) is 17. The minimum absolute atomic E-state index is 0.0729. The first-order chi connectivity index (χ1) is 17.6. The van der Waals surface area contributed by atoms with Crippen molar-refractivity contribution in [3.8, 4) is 0 Å². The van der Waals surface area contributed by atoms with Crippen molar-refractivity contribution in [1.29, 1.82) is 0 Å². The smallest absolute Gasteiger partial charge is 0.305 e. The number of carbonyl (C=O) groups is 1. The molecule has 0 saturated heterocycles. The first-order valence-electron chi connectivity index (χ1n) is 16.0. The molecule has 0 amide bonds. The van der Waals surface area contributed by atoms with E-state index < -0.39 is 0 Å². The van der Waals surface area contributed by atoms with Crippen molar-refractivity contribution < 1.29 is 9.53 Å². The summed E-state index contributed by atoms with van der Waals surface area (Å²) < 4.78 is 4.67. The standard InChI is InChI=1S/C33H65NO2/c1-5-6-7-8-18-21-24-27-32(30-31-34(2)3)28-25-22-19-16-14-12-10-9-11-13-15-17-20-23-26-29-33(35)36-4/h9,11,32H,5-8,10,12-31H2,1-4H3/b11-9-. The van der Waals surface area contributed by atoms with Gasteiger partial charge in [-0.1, -0.05) is 128 Å². The Kier molecular flexibility index (Phi) is 28.1. The molecule has 1 unspecified atom stereocenters. The number of hydrogen-bond donors (Lipinski definition) is 0. The first-order valence-corrected chi connectivity index (χ1v) is 16.0. The van der Waals surface area contributed by atoms with Crippen LogP contribution in [0.25, 0.3) is 0 Å². The molecule has 0 rings (SSSR count). The molecule has 0 bridgehead atoms. The molecule has 0 heterocycles. The number of rotatable bonds is 28. The van der Waals surface area contributed by atoms with Gasteiger partial charge in [0.25, 0.3) is 0 Å². The lowest BCUT2D eigenvalue weighted by Crippen LogP contribution is -2.17. The van der Waals surface area contributed by atoms with Crippen molar-refractivity contribution in [2.45, 2.75) is 161 Å². The minimum Gasteiger partial charge on any atom is -0.469 e. The Balaban J connectivity index is 3.57. The summed E-state index contributed by atoms with van der Waals surface area (Å²) in [5.41, 5.74) is 0. The van der Waals surface area contributed by atoms with E-state index in [1.165, 1.54) is 148 Å². The predicted octanol–water partition coefficient (Wildman–Crippen LogP) is 10.3. The number of carbonyl (C=O) groups excluding carboxylic acids is 1. The molecule has 0 fully saturated rings. The van der Waals surface area contributed by atoms with E-state index in [-0.39, 0.29) is 5.97 Å². The van der Waals surface area contributed by atoms with Crippen molar-refractivity contribution in [1.82, 2.24) is 4.90 Å². The number of esters is 1. The second kappa shape index (κ2) is 28.7. The average molecular weight is 508 g/mol. The predicted molar refractivity (Wildman–Crippen MR) is 160 cm³/mol. The number of nitrogens with zero attached hydrogens (tertiary/aromatic N) is 1. The average Bonchev–Trinajstić information content (AvgIpc) is 2.87. The quantitative estimate of drug-likeness (QED) is 0.0599. The van der Waals surface area contributed by atoms with Gasteiger partial charge in [-0.15, -0.1) is 0 Å². The van der Waals surface area contributed by atoms with E-state index in [4.69, 9.17) is 0 Å². The van der Waals surface area contributed by atoms with Crippen molar-refractivity contribution in [3.63, 3.8) is 0 Å². The Hall–Kier alpha value is -0.830. The van der Waals surface area contributed by atoms with Crippen molar-refractivity contribution in [2.75, 3.05) is 27.7 Å². The Bertz CT molecular complexity index is 474. The lowest BCUT2D eigenvalue weighted by atomic mass is 9.91. The van der Waals surface area contributed by atoms with Gasteiger partial charge in [0.2, 0.25) is 0 Å². The molecule has 214 valence electrons. The van der Waals surface area contributed by atoms with Crippen LogP contribution in [0.4, 0.5) is 0 Å². The van der Waals surface area contributed by atoms with Crippen LogP contribution in [0.2, 0.25) is 0 Å². The Labute approximate surface area is 227 Å². The van der Waals surface area contributed by atoms with Gasteiger partial charge in [-0.2, -0.15) is 0 Å². The SMILES string of the molecule is CCCCCCCCCC(CCCCCCCC/C=C\CCCCCCCC(=O)OC)CCN(C)C. The number of ether oxygens (including phenoxy) is 1. The molecule has 0 radical (unpaired) electrons. The molecule has 0 N–H and O–H groups in total. The summed E-state index contributed by atoms with van der Waals surface area (Å²) in [5.74, 6) is 0.879. The molecule has 0 aromatic carbocycles. The van der Waals surface area contributed by atoms with Gasteiger partial charge in [0.1, 0.15) is 0 Å². The topological polar surface area (TPSA) is 29.5 Å². The van der Waals surface area contributed by atoms with Gasteiger partial charge < -0.3 is 9.64 Å². The fraction of sp³-hybridized carbons (Fsp3) is 0.909. The minimum atomic E-state index is -0.0729. The van der Waals surface area contributed by atoms with Gasteiger partial charge in [0, 0.05) is 6.42 Å². The van der Waals surface area contributed by atoms with Crippen LogP contribution in [-0.4, -0.2) is 38.6 Å². The lowest BCUT2D eigenvalue weighted by Gasteiger charge is -2.19. The third-order valence-corrected chi connectivity index (χ3v) is 7.58. The molecule has 0 aliphatic carbocycles. The van der Waals surface area contributed by atoms with E-state index in [1.807, 2.05) is 0 Å². The summed E-state index contributed by atoms with van der Waals surface area (Å²) in [4.78, 5) is 13.4. The molecule has 3 heteroatoms.